The third-order valence-electron chi connectivity index (χ3n) is 4.40. The van der Waals surface area contributed by atoms with E-state index in [0.717, 1.165) is 31.4 Å². The van der Waals surface area contributed by atoms with Crippen molar-refractivity contribution in [3.63, 3.8) is 0 Å². The van der Waals surface area contributed by atoms with Gasteiger partial charge in [0.05, 0.1) is 5.69 Å². The molecule has 0 aliphatic heterocycles. The highest BCUT2D eigenvalue weighted by Gasteiger charge is 2.16. The number of anilines is 3. The number of benzene rings is 1. The molecule has 8 heteroatoms. The molecule has 1 aliphatic carbocycles. The maximum Gasteiger partial charge on any atom is 0.257 e. The minimum Gasteiger partial charge on any atom is -0.326 e. The fourth-order valence-electron chi connectivity index (χ4n) is 3.24. The highest BCUT2D eigenvalue weighted by molar-refractivity contribution is 7.15. The van der Waals surface area contributed by atoms with Crippen LogP contribution in [0.5, 0.6) is 0 Å². The molecule has 1 aromatic carbocycles. The molecule has 0 atom stereocenters. The molecule has 1 heterocycles. The van der Waals surface area contributed by atoms with Gasteiger partial charge in [-0.1, -0.05) is 12.8 Å². The fraction of sp³-hybridized carbons (Fsp3) is 0.400. The number of aryl methyl sites for hydroxylation is 2. The maximum atomic E-state index is 12.8. The molecule has 28 heavy (non-hydrogen) atoms. The van der Waals surface area contributed by atoms with E-state index in [1.807, 2.05) is 0 Å². The smallest absolute Gasteiger partial charge is 0.257 e. The van der Waals surface area contributed by atoms with E-state index in [-0.39, 0.29) is 17.7 Å². The van der Waals surface area contributed by atoms with Crippen molar-refractivity contribution in [1.82, 2.24) is 4.98 Å². The van der Waals surface area contributed by atoms with Gasteiger partial charge in [0.15, 0.2) is 5.13 Å². The second-order valence-electron chi connectivity index (χ2n) is 6.92. The Bertz CT molecular complexity index is 847. The summed E-state index contributed by atoms with van der Waals surface area (Å²) < 4.78 is 0. The summed E-state index contributed by atoms with van der Waals surface area (Å²) in [6, 6.07) is 4.76. The molecule has 0 saturated carbocycles. The number of aromatic nitrogens is 1. The average molecular weight is 401 g/mol. The van der Waals surface area contributed by atoms with Crippen LogP contribution in [0.3, 0.4) is 0 Å². The van der Waals surface area contributed by atoms with Gasteiger partial charge >= 0.3 is 0 Å². The molecule has 0 saturated heterocycles. The van der Waals surface area contributed by atoms with E-state index in [1.165, 1.54) is 42.9 Å². The van der Waals surface area contributed by atoms with Crippen molar-refractivity contribution in [1.29, 1.82) is 0 Å². The lowest BCUT2D eigenvalue weighted by molar-refractivity contribution is -0.115. The van der Waals surface area contributed by atoms with Crippen LogP contribution in [-0.4, -0.2) is 22.7 Å². The number of carbonyl (C=O) groups excluding carboxylic acids is 3. The lowest BCUT2D eigenvalue weighted by Gasteiger charge is -2.10. The number of rotatable bonds is 4. The van der Waals surface area contributed by atoms with E-state index in [4.69, 9.17) is 0 Å². The van der Waals surface area contributed by atoms with Crippen LogP contribution < -0.4 is 16.0 Å². The number of fused-ring (bicyclic) bond motifs is 1. The van der Waals surface area contributed by atoms with Crippen LogP contribution in [0.15, 0.2) is 18.2 Å². The number of hydrogen-bond acceptors (Lipinski definition) is 5. The van der Waals surface area contributed by atoms with Gasteiger partial charge in [-0.3, -0.25) is 19.7 Å². The second kappa shape index (κ2) is 8.97. The number of nitrogens with one attached hydrogen (secondary N) is 3. The van der Waals surface area contributed by atoms with Gasteiger partial charge < -0.3 is 10.6 Å². The molecule has 7 nitrogen and oxygen atoms in total. The lowest BCUT2D eigenvalue weighted by Crippen LogP contribution is -2.15. The first-order valence-corrected chi connectivity index (χ1v) is 10.2. The molecule has 3 N–H and O–H groups in total. The zero-order valence-corrected chi connectivity index (χ0v) is 16.9. The Balaban J connectivity index is 1.82. The van der Waals surface area contributed by atoms with Crippen molar-refractivity contribution in [3.05, 3.63) is 34.3 Å². The van der Waals surface area contributed by atoms with E-state index >= 15 is 0 Å². The summed E-state index contributed by atoms with van der Waals surface area (Å²) in [5.41, 5.74) is 2.30. The highest BCUT2D eigenvalue weighted by Crippen LogP contribution is 2.29. The van der Waals surface area contributed by atoms with Crippen molar-refractivity contribution in [3.8, 4) is 0 Å². The Kier molecular flexibility index (Phi) is 6.41. The predicted octanol–water partition coefficient (Wildman–Crippen LogP) is 3.97. The summed E-state index contributed by atoms with van der Waals surface area (Å²) >= 11 is 1.53. The Morgan fingerprint density at radius 1 is 0.857 bits per heavy atom. The van der Waals surface area contributed by atoms with Gasteiger partial charge in [0.1, 0.15) is 0 Å². The average Bonchev–Trinajstić information content (AvgIpc) is 2.94. The van der Waals surface area contributed by atoms with Gasteiger partial charge in [-0.25, -0.2) is 4.98 Å². The van der Waals surface area contributed by atoms with Crippen LogP contribution in [-0.2, 0) is 22.4 Å². The summed E-state index contributed by atoms with van der Waals surface area (Å²) in [5, 5.41) is 8.74. The summed E-state index contributed by atoms with van der Waals surface area (Å²) in [6.07, 6.45) is 6.70. The van der Waals surface area contributed by atoms with E-state index in [2.05, 4.69) is 20.9 Å². The Labute approximate surface area is 167 Å². The zero-order valence-electron chi connectivity index (χ0n) is 16.1. The topological polar surface area (TPSA) is 100 Å². The second-order valence-corrected chi connectivity index (χ2v) is 8.00. The van der Waals surface area contributed by atoms with Crippen LogP contribution in [0.1, 0.15) is 60.5 Å². The van der Waals surface area contributed by atoms with Crippen molar-refractivity contribution >= 4 is 45.6 Å². The van der Waals surface area contributed by atoms with Crippen LogP contribution in [0, 0.1) is 0 Å². The number of thiazole rings is 1. The summed E-state index contributed by atoms with van der Waals surface area (Å²) in [4.78, 5) is 41.4. The zero-order chi connectivity index (χ0) is 20.1. The molecule has 3 rings (SSSR count). The van der Waals surface area contributed by atoms with Crippen LogP contribution in [0.25, 0.3) is 0 Å². The normalized spacial score (nSPS) is 13.6. The first kappa shape index (κ1) is 20.0. The lowest BCUT2D eigenvalue weighted by atomic mass is 10.0. The monoisotopic (exact) mass is 400 g/mol. The van der Waals surface area contributed by atoms with Crippen molar-refractivity contribution in [2.75, 3.05) is 16.0 Å². The molecular weight excluding hydrogens is 376 g/mol. The molecular formula is C20H24N4O3S. The Morgan fingerprint density at radius 2 is 1.46 bits per heavy atom. The standard InChI is InChI=1S/C20H24N4O3S/c1-12(25)21-15-9-14(10-16(11-15)22-13(2)26)19(27)24-20-23-17-7-5-3-4-6-8-18(17)28-20/h9-11H,3-8H2,1-2H3,(H,21,25)(H,22,26)(H,23,24,27). The third kappa shape index (κ3) is 5.39. The van der Waals surface area contributed by atoms with Crippen molar-refractivity contribution in [2.24, 2.45) is 0 Å². The molecule has 148 valence electrons. The van der Waals surface area contributed by atoms with Gasteiger partial charge in [0.25, 0.3) is 5.91 Å². The van der Waals surface area contributed by atoms with Gasteiger partial charge in [0.2, 0.25) is 11.8 Å². The highest BCUT2D eigenvalue weighted by atomic mass is 32.1. The van der Waals surface area contributed by atoms with Gasteiger partial charge in [-0.05, 0) is 43.9 Å². The first-order chi connectivity index (χ1) is 13.4. The molecule has 1 aromatic heterocycles. The Morgan fingerprint density at radius 3 is 2.07 bits per heavy atom. The van der Waals surface area contributed by atoms with E-state index in [1.54, 1.807) is 18.2 Å². The van der Waals surface area contributed by atoms with Gasteiger partial charge in [-0.2, -0.15) is 0 Å². The first-order valence-electron chi connectivity index (χ1n) is 9.41. The minimum absolute atomic E-state index is 0.258. The van der Waals surface area contributed by atoms with Crippen LogP contribution in [0.4, 0.5) is 16.5 Å². The Hall–Kier alpha value is -2.74. The molecule has 0 unspecified atom stereocenters. The van der Waals surface area contributed by atoms with E-state index < -0.39 is 0 Å². The predicted molar refractivity (Wildman–Crippen MR) is 111 cm³/mol. The molecule has 0 bridgehead atoms. The number of carbonyl (C=O) groups is 3. The fourth-order valence-corrected chi connectivity index (χ4v) is 4.28. The van der Waals surface area contributed by atoms with E-state index in [0.29, 0.717) is 22.1 Å². The minimum atomic E-state index is -0.333. The quantitative estimate of drug-likeness (QED) is 0.723. The summed E-state index contributed by atoms with van der Waals surface area (Å²) in [6.45, 7) is 2.77. The SMILES string of the molecule is CC(=O)Nc1cc(NC(C)=O)cc(C(=O)Nc2nc3c(s2)CCCCCC3)c1. The summed E-state index contributed by atoms with van der Waals surface area (Å²) in [5.74, 6) is -0.849. The molecule has 3 amide bonds. The number of hydrogen-bond donors (Lipinski definition) is 3. The third-order valence-corrected chi connectivity index (χ3v) is 5.47. The molecule has 0 spiro atoms. The molecule has 2 aromatic rings. The molecule has 1 aliphatic rings. The van der Waals surface area contributed by atoms with Gasteiger partial charge in [0, 0.05) is 35.7 Å². The number of nitrogens with zero attached hydrogens (tertiary/aromatic N) is 1. The number of amides is 3. The van der Waals surface area contributed by atoms with E-state index in [9.17, 15) is 14.4 Å². The maximum absolute atomic E-state index is 12.8. The van der Waals surface area contributed by atoms with Crippen LogP contribution >= 0.6 is 11.3 Å². The molecule has 0 fully saturated rings. The largest absolute Gasteiger partial charge is 0.326 e. The molecule has 0 radical (unpaired) electrons. The summed E-state index contributed by atoms with van der Waals surface area (Å²) in [7, 11) is 0. The van der Waals surface area contributed by atoms with Gasteiger partial charge in [-0.15, -0.1) is 11.3 Å². The van der Waals surface area contributed by atoms with Crippen molar-refractivity contribution in [2.45, 2.75) is 52.4 Å². The van der Waals surface area contributed by atoms with Crippen LogP contribution in [0.2, 0.25) is 0 Å². The van der Waals surface area contributed by atoms with Crippen molar-refractivity contribution < 1.29 is 14.4 Å².